The highest BCUT2D eigenvalue weighted by Gasteiger charge is 2.09. The summed E-state index contributed by atoms with van der Waals surface area (Å²) in [5.74, 6) is 0.500. The molecule has 0 radical (unpaired) electrons. The predicted octanol–water partition coefficient (Wildman–Crippen LogP) is 0.720. The van der Waals surface area contributed by atoms with Crippen LogP contribution in [0.25, 0.3) is 0 Å². The first-order valence-electron chi connectivity index (χ1n) is 4.28. The number of hydrogen-bond donors (Lipinski definition) is 2. The maximum atomic E-state index is 10.7. The summed E-state index contributed by atoms with van der Waals surface area (Å²) in [4.78, 5) is 11.8. The van der Waals surface area contributed by atoms with E-state index >= 15 is 0 Å². The molecule has 1 rings (SSSR count). The van der Waals surface area contributed by atoms with Crippen molar-refractivity contribution in [3.63, 3.8) is 0 Å². The monoisotopic (exact) mass is 214 g/mol. The summed E-state index contributed by atoms with van der Waals surface area (Å²) >= 11 is 1.59. The molecule has 1 atom stereocenters. The van der Waals surface area contributed by atoms with Crippen LogP contribution in [0, 0.1) is 0 Å². The van der Waals surface area contributed by atoms with Gasteiger partial charge in [0.15, 0.2) is 0 Å². The quantitative estimate of drug-likeness (QED) is 0.759. The summed E-state index contributed by atoms with van der Waals surface area (Å²) in [6.07, 6.45) is 0. The molecule has 0 aromatic carbocycles. The minimum atomic E-state index is -0.347. The Morgan fingerprint density at radius 2 is 2.50 bits per heavy atom. The van der Waals surface area contributed by atoms with E-state index in [2.05, 4.69) is 5.32 Å². The number of ether oxygens (including phenoxy) is 1. The van der Waals surface area contributed by atoms with Gasteiger partial charge < -0.3 is 15.8 Å². The summed E-state index contributed by atoms with van der Waals surface area (Å²) in [6.45, 7) is 2.34. The lowest BCUT2D eigenvalue weighted by atomic mass is 10.3. The number of carbonyl (C=O) groups excluding carboxylic acids is 1. The van der Waals surface area contributed by atoms with Crippen molar-refractivity contribution in [1.29, 1.82) is 0 Å². The van der Waals surface area contributed by atoms with Gasteiger partial charge in [0, 0.05) is 6.54 Å². The van der Waals surface area contributed by atoms with Crippen LogP contribution >= 0.6 is 11.3 Å². The van der Waals surface area contributed by atoms with E-state index in [0.29, 0.717) is 6.54 Å². The molecule has 1 heterocycles. The van der Waals surface area contributed by atoms with Crippen molar-refractivity contribution < 1.29 is 9.53 Å². The Bertz CT molecular complexity index is 312. The third kappa shape index (κ3) is 2.71. The molecule has 3 N–H and O–H groups in total. The second-order valence-corrected chi connectivity index (χ2v) is 3.92. The van der Waals surface area contributed by atoms with Crippen molar-refractivity contribution in [2.45, 2.75) is 19.5 Å². The zero-order chi connectivity index (χ0) is 10.6. The minimum Gasteiger partial charge on any atom is -0.496 e. The van der Waals surface area contributed by atoms with Crippen LogP contribution in [-0.4, -0.2) is 19.1 Å². The number of nitrogens with two attached hydrogens (primary N) is 1. The molecule has 1 aromatic heterocycles. The van der Waals surface area contributed by atoms with Gasteiger partial charge in [0.05, 0.1) is 18.0 Å². The normalized spacial score (nSPS) is 12.4. The highest BCUT2D eigenvalue weighted by Crippen LogP contribution is 2.23. The summed E-state index contributed by atoms with van der Waals surface area (Å²) in [6, 6.07) is 1.58. The third-order valence-corrected chi connectivity index (χ3v) is 2.82. The van der Waals surface area contributed by atoms with Crippen molar-refractivity contribution in [3.8, 4) is 5.75 Å². The lowest BCUT2D eigenvalue weighted by Gasteiger charge is -2.09. The standard InChI is InChI=1S/C9H14N2O2S/c1-6(9(10)12)11-5-8-7(13-2)3-4-14-8/h3-4,6,11H,5H2,1-2H3,(H2,10,12). The van der Waals surface area contributed by atoms with Crippen molar-refractivity contribution in [1.82, 2.24) is 5.32 Å². The van der Waals surface area contributed by atoms with Crippen LogP contribution in [0.1, 0.15) is 11.8 Å². The number of primary amides is 1. The zero-order valence-electron chi connectivity index (χ0n) is 8.24. The molecule has 78 valence electrons. The van der Waals surface area contributed by atoms with Gasteiger partial charge in [-0.05, 0) is 18.4 Å². The largest absolute Gasteiger partial charge is 0.496 e. The van der Waals surface area contributed by atoms with Crippen LogP contribution in [0.2, 0.25) is 0 Å². The number of nitrogens with one attached hydrogen (secondary N) is 1. The molecule has 1 unspecified atom stereocenters. The maximum Gasteiger partial charge on any atom is 0.234 e. The van der Waals surface area contributed by atoms with Gasteiger partial charge in [0.25, 0.3) is 0 Å². The molecular weight excluding hydrogens is 200 g/mol. The number of hydrogen-bond acceptors (Lipinski definition) is 4. The van der Waals surface area contributed by atoms with Crippen molar-refractivity contribution in [2.75, 3.05) is 7.11 Å². The molecule has 0 saturated heterocycles. The van der Waals surface area contributed by atoms with Crippen LogP contribution in [0.4, 0.5) is 0 Å². The molecule has 0 fully saturated rings. The van der Waals surface area contributed by atoms with Gasteiger partial charge in [0.1, 0.15) is 5.75 Å². The maximum absolute atomic E-state index is 10.7. The highest BCUT2D eigenvalue weighted by atomic mass is 32.1. The smallest absolute Gasteiger partial charge is 0.234 e. The van der Waals surface area contributed by atoms with Crippen LogP contribution in [0.5, 0.6) is 5.75 Å². The SMILES string of the molecule is COc1ccsc1CNC(C)C(N)=O. The Morgan fingerprint density at radius 1 is 1.79 bits per heavy atom. The molecule has 0 aliphatic carbocycles. The van der Waals surface area contributed by atoms with Crippen LogP contribution in [0.15, 0.2) is 11.4 Å². The van der Waals surface area contributed by atoms with Gasteiger partial charge in [-0.3, -0.25) is 4.79 Å². The molecule has 0 aliphatic rings. The Kier molecular flexibility index (Phi) is 3.91. The van der Waals surface area contributed by atoms with Gasteiger partial charge in [-0.1, -0.05) is 0 Å². The number of amides is 1. The number of rotatable bonds is 5. The number of thiophene rings is 1. The summed E-state index contributed by atoms with van der Waals surface area (Å²) in [5.41, 5.74) is 5.12. The molecule has 5 heteroatoms. The molecule has 14 heavy (non-hydrogen) atoms. The number of carbonyl (C=O) groups is 1. The molecule has 4 nitrogen and oxygen atoms in total. The fourth-order valence-corrected chi connectivity index (χ4v) is 1.78. The van der Waals surface area contributed by atoms with E-state index < -0.39 is 0 Å². The van der Waals surface area contributed by atoms with Crippen molar-refractivity contribution >= 4 is 17.2 Å². The Hall–Kier alpha value is -1.07. The molecule has 0 bridgehead atoms. The van der Waals surface area contributed by atoms with E-state index in [1.54, 1.807) is 25.4 Å². The molecule has 0 saturated carbocycles. The summed E-state index contributed by atoms with van der Waals surface area (Å²) < 4.78 is 5.13. The van der Waals surface area contributed by atoms with Crippen LogP contribution in [-0.2, 0) is 11.3 Å². The van der Waals surface area contributed by atoms with E-state index in [1.807, 2.05) is 11.4 Å². The van der Waals surface area contributed by atoms with Crippen molar-refractivity contribution in [2.24, 2.45) is 5.73 Å². The van der Waals surface area contributed by atoms with Gasteiger partial charge in [-0.2, -0.15) is 0 Å². The highest BCUT2D eigenvalue weighted by molar-refractivity contribution is 7.10. The van der Waals surface area contributed by atoms with Gasteiger partial charge in [-0.15, -0.1) is 11.3 Å². The number of methoxy groups -OCH3 is 1. The van der Waals surface area contributed by atoms with Gasteiger partial charge >= 0.3 is 0 Å². The fourth-order valence-electron chi connectivity index (χ4n) is 0.986. The van der Waals surface area contributed by atoms with E-state index in [1.165, 1.54) is 0 Å². The van der Waals surface area contributed by atoms with Crippen molar-refractivity contribution in [3.05, 3.63) is 16.3 Å². The van der Waals surface area contributed by atoms with E-state index in [9.17, 15) is 4.79 Å². The first kappa shape index (κ1) is 11.0. The Morgan fingerprint density at radius 3 is 3.07 bits per heavy atom. The summed E-state index contributed by atoms with van der Waals surface area (Å²) in [5, 5.41) is 4.96. The molecule has 1 amide bonds. The van der Waals surface area contributed by atoms with E-state index in [0.717, 1.165) is 10.6 Å². The fraction of sp³-hybridized carbons (Fsp3) is 0.444. The zero-order valence-corrected chi connectivity index (χ0v) is 9.06. The first-order chi connectivity index (χ1) is 6.65. The molecule has 1 aromatic rings. The first-order valence-corrected chi connectivity index (χ1v) is 5.16. The lowest BCUT2D eigenvalue weighted by molar-refractivity contribution is -0.119. The Balaban J connectivity index is 2.49. The predicted molar refractivity (Wildman–Crippen MR) is 56.4 cm³/mol. The Labute approximate surface area is 87.1 Å². The third-order valence-electron chi connectivity index (χ3n) is 1.92. The van der Waals surface area contributed by atoms with Gasteiger partial charge in [-0.25, -0.2) is 0 Å². The van der Waals surface area contributed by atoms with E-state index in [4.69, 9.17) is 10.5 Å². The average Bonchev–Trinajstić information content (AvgIpc) is 2.60. The second-order valence-electron chi connectivity index (χ2n) is 2.92. The average molecular weight is 214 g/mol. The molecular formula is C9H14N2O2S. The minimum absolute atomic E-state index is 0.318. The van der Waals surface area contributed by atoms with Crippen LogP contribution in [0.3, 0.4) is 0 Å². The topological polar surface area (TPSA) is 64.3 Å². The second kappa shape index (κ2) is 4.97. The molecule has 0 spiro atoms. The summed E-state index contributed by atoms with van der Waals surface area (Å²) in [7, 11) is 1.63. The van der Waals surface area contributed by atoms with Gasteiger partial charge in [0.2, 0.25) is 5.91 Å². The van der Waals surface area contributed by atoms with E-state index in [-0.39, 0.29) is 11.9 Å². The van der Waals surface area contributed by atoms with Crippen LogP contribution < -0.4 is 15.8 Å². The molecule has 0 aliphatic heterocycles. The lowest BCUT2D eigenvalue weighted by Crippen LogP contribution is -2.38.